The fraction of sp³-hybridized carbons (Fsp3) is 0.619. The van der Waals surface area contributed by atoms with Gasteiger partial charge >= 0.3 is 0 Å². The third kappa shape index (κ3) is 4.77. The van der Waals surface area contributed by atoms with E-state index in [1.165, 1.54) is 5.56 Å². The highest BCUT2D eigenvalue weighted by Gasteiger charge is 2.26. The van der Waals surface area contributed by atoms with Gasteiger partial charge in [0.15, 0.2) is 0 Å². The number of carbonyl (C=O) groups is 2. The highest BCUT2D eigenvalue weighted by atomic mass is 16.5. The lowest BCUT2D eigenvalue weighted by atomic mass is 9.91. The van der Waals surface area contributed by atoms with Crippen molar-refractivity contribution in [2.45, 2.75) is 46.5 Å². The van der Waals surface area contributed by atoms with Crippen LogP contribution in [0, 0.1) is 5.41 Å². The topological polar surface area (TPSA) is 49.9 Å². The Morgan fingerprint density at radius 1 is 1.04 bits per heavy atom. The van der Waals surface area contributed by atoms with Crippen molar-refractivity contribution >= 4 is 11.8 Å². The van der Waals surface area contributed by atoms with Crippen LogP contribution in [0.25, 0.3) is 0 Å². The number of rotatable bonds is 3. The van der Waals surface area contributed by atoms with Gasteiger partial charge in [0.1, 0.15) is 5.75 Å². The molecular weight excluding hydrogens is 328 g/mol. The Morgan fingerprint density at radius 3 is 2.35 bits per heavy atom. The van der Waals surface area contributed by atoms with Gasteiger partial charge in [0.05, 0.1) is 13.0 Å². The van der Waals surface area contributed by atoms with E-state index in [4.69, 9.17) is 4.74 Å². The first kappa shape index (κ1) is 18.7. The van der Waals surface area contributed by atoms with E-state index in [2.05, 4.69) is 26.8 Å². The van der Waals surface area contributed by atoms with Gasteiger partial charge in [-0.3, -0.25) is 9.59 Å². The molecule has 0 aliphatic carbocycles. The smallest absolute Gasteiger partial charge is 0.227 e. The zero-order valence-electron chi connectivity index (χ0n) is 16.2. The molecular formula is C21H30N2O3. The molecule has 0 spiro atoms. The first-order valence-electron chi connectivity index (χ1n) is 9.62. The molecule has 0 unspecified atom stereocenters. The minimum absolute atomic E-state index is 0.000198. The summed E-state index contributed by atoms with van der Waals surface area (Å²) in [6, 6.07) is 6.08. The molecule has 3 rings (SSSR count). The third-order valence-electron chi connectivity index (χ3n) is 4.99. The molecule has 1 saturated heterocycles. The van der Waals surface area contributed by atoms with Crippen LogP contribution in [-0.2, 0) is 22.4 Å². The van der Waals surface area contributed by atoms with E-state index >= 15 is 0 Å². The van der Waals surface area contributed by atoms with Crippen LogP contribution in [0.1, 0.15) is 44.7 Å². The van der Waals surface area contributed by atoms with Gasteiger partial charge < -0.3 is 14.5 Å². The number of nitrogens with zero attached hydrogens (tertiary/aromatic N) is 2. The molecule has 1 aromatic carbocycles. The molecule has 0 N–H and O–H groups in total. The van der Waals surface area contributed by atoms with E-state index < -0.39 is 0 Å². The van der Waals surface area contributed by atoms with Crippen molar-refractivity contribution in [1.82, 2.24) is 9.80 Å². The summed E-state index contributed by atoms with van der Waals surface area (Å²) in [5, 5.41) is 0. The van der Waals surface area contributed by atoms with Gasteiger partial charge in [0.2, 0.25) is 11.8 Å². The van der Waals surface area contributed by atoms with E-state index in [1.54, 1.807) is 0 Å². The van der Waals surface area contributed by atoms with Crippen molar-refractivity contribution in [3.63, 3.8) is 0 Å². The van der Waals surface area contributed by atoms with Gasteiger partial charge in [0.25, 0.3) is 0 Å². The van der Waals surface area contributed by atoms with Crippen molar-refractivity contribution in [2.24, 2.45) is 5.41 Å². The molecule has 2 aliphatic heterocycles. The van der Waals surface area contributed by atoms with E-state index in [1.807, 2.05) is 21.9 Å². The molecule has 0 bridgehead atoms. The Kier molecular flexibility index (Phi) is 5.54. The standard InChI is InChI=1S/C21H30N2O3/c1-21(2,3)15-20(25)23-10-8-22(9-11-23)19(24)14-16-6-7-18-17(13-16)5-4-12-26-18/h6-7,13H,4-5,8-12,14-15H2,1-3H3. The number of hydrogen-bond acceptors (Lipinski definition) is 3. The predicted octanol–water partition coefficient (Wildman–Crippen LogP) is 2.66. The molecule has 0 atom stereocenters. The molecule has 0 radical (unpaired) electrons. The molecule has 26 heavy (non-hydrogen) atoms. The molecule has 0 saturated carbocycles. The molecule has 0 aromatic heterocycles. The fourth-order valence-corrected chi connectivity index (χ4v) is 3.58. The minimum atomic E-state index is 0.000198. The summed E-state index contributed by atoms with van der Waals surface area (Å²) in [5.74, 6) is 1.29. The molecule has 2 amide bonds. The number of aryl methyl sites for hydroxylation is 1. The zero-order chi connectivity index (χ0) is 18.7. The van der Waals surface area contributed by atoms with Crippen molar-refractivity contribution in [3.8, 4) is 5.75 Å². The SMILES string of the molecule is CC(C)(C)CC(=O)N1CCN(C(=O)Cc2ccc3c(c2)CCCO3)CC1. The first-order chi connectivity index (χ1) is 12.3. The summed E-state index contributed by atoms with van der Waals surface area (Å²) in [4.78, 5) is 28.7. The van der Waals surface area contributed by atoms with E-state index in [0.717, 1.165) is 30.8 Å². The van der Waals surface area contributed by atoms with Gasteiger partial charge in [-0.05, 0) is 35.4 Å². The average Bonchev–Trinajstić information content (AvgIpc) is 2.60. The molecule has 2 aliphatic rings. The summed E-state index contributed by atoms with van der Waals surface area (Å²) in [5.41, 5.74) is 2.25. The number of fused-ring (bicyclic) bond motifs is 1. The Labute approximate surface area is 156 Å². The lowest BCUT2D eigenvalue weighted by Gasteiger charge is -2.36. The summed E-state index contributed by atoms with van der Waals surface area (Å²) in [7, 11) is 0. The van der Waals surface area contributed by atoms with Gasteiger partial charge in [-0.1, -0.05) is 32.9 Å². The maximum Gasteiger partial charge on any atom is 0.227 e. The van der Waals surface area contributed by atoms with Crippen LogP contribution in [0.5, 0.6) is 5.75 Å². The number of benzene rings is 1. The van der Waals surface area contributed by atoms with Crippen molar-refractivity contribution in [1.29, 1.82) is 0 Å². The highest BCUT2D eigenvalue weighted by Crippen LogP contribution is 2.26. The summed E-state index contributed by atoms with van der Waals surface area (Å²) in [6.45, 7) is 9.54. The van der Waals surface area contributed by atoms with Crippen LogP contribution in [-0.4, -0.2) is 54.4 Å². The summed E-state index contributed by atoms with van der Waals surface area (Å²) >= 11 is 0. The van der Waals surface area contributed by atoms with E-state index in [0.29, 0.717) is 39.0 Å². The second-order valence-corrected chi connectivity index (χ2v) is 8.57. The number of amides is 2. The highest BCUT2D eigenvalue weighted by molar-refractivity contribution is 5.80. The van der Waals surface area contributed by atoms with Gasteiger partial charge in [0, 0.05) is 32.6 Å². The second kappa shape index (κ2) is 7.68. The fourth-order valence-electron chi connectivity index (χ4n) is 3.58. The Morgan fingerprint density at radius 2 is 1.69 bits per heavy atom. The van der Waals surface area contributed by atoms with Crippen molar-refractivity contribution in [3.05, 3.63) is 29.3 Å². The van der Waals surface area contributed by atoms with Gasteiger partial charge in [-0.2, -0.15) is 0 Å². The number of carbonyl (C=O) groups excluding carboxylic acids is 2. The van der Waals surface area contributed by atoms with Gasteiger partial charge in [-0.25, -0.2) is 0 Å². The minimum Gasteiger partial charge on any atom is -0.493 e. The molecule has 5 heteroatoms. The second-order valence-electron chi connectivity index (χ2n) is 8.57. The zero-order valence-corrected chi connectivity index (χ0v) is 16.2. The molecule has 1 fully saturated rings. The molecule has 5 nitrogen and oxygen atoms in total. The van der Waals surface area contributed by atoms with Crippen LogP contribution in [0.2, 0.25) is 0 Å². The lowest BCUT2D eigenvalue weighted by Crippen LogP contribution is -2.51. The Balaban J connectivity index is 1.52. The monoisotopic (exact) mass is 358 g/mol. The third-order valence-corrected chi connectivity index (χ3v) is 4.99. The first-order valence-corrected chi connectivity index (χ1v) is 9.62. The summed E-state index contributed by atoms with van der Waals surface area (Å²) < 4.78 is 5.64. The van der Waals surface area contributed by atoms with Crippen LogP contribution < -0.4 is 4.74 Å². The van der Waals surface area contributed by atoms with Crippen LogP contribution >= 0.6 is 0 Å². The maximum atomic E-state index is 12.6. The molecule has 2 heterocycles. The van der Waals surface area contributed by atoms with Crippen molar-refractivity contribution in [2.75, 3.05) is 32.8 Å². The lowest BCUT2D eigenvalue weighted by molar-refractivity contribution is -0.140. The Bertz CT molecular complexity index is 670. The predicted molar refractivity (Wildman–Crippen MR) is 101 cm³/mol. The Hall–Kier alpha value is -2.04. The van der Waals surface area contributed by atoms with Gasteiger partial charge in [-0.15, -0.1) is 0 Å². The molecule has 1 aromatic rings. The largest absolute Gasteiger partial charge is 0.493 e. The van der Waals surface area contributed by atoms with Crippen LogP contribution in [0.15, 0.2) is 18.2 Å². The van der Waals surface area contributed by atoms with E-state index in [9.17, 15) is 9.59 Å². The number of ether oxygens (including phenoxy) is 1. The number of piperazine rings is 1. The molecule has 142 valence electrons. The summed E-state index contributed by atoms with van der Waals surface area (Å²) in [6.07, 6.45) is 3.03. The quantitative estimate of drug-likeness (QED) is 0.835. The number of hydrogen-bond donors (Lipinski definition) is 0. The average molecular weight is 358 g/mol. The van der Waals surface area contributed by atoms with Crippen LogP contribution in [0.4, 0.5) is 0 Å². The van der Waals surface area contributed by atoms with Crippen LogP contribution in [0.3, 0.4) is 0 Å². The normalized spacial score (nSPS) is 17.5. The maximum absolute atomic E-state index is 12.6. The van der Waals surface area contributed by atoms with Crippen molar-refractivity contribution < 1.29 is 14.3 Å². The van der Waals surface area contributed by atoms with E-state index in [-0.39, 0.29) is 17.2 Å².